The van der Waals surface area contributed by atoms with E-state index in [1.54, 1.807) is 30.6 Å². The van der Waals surface area contributed by atoms with E-state index in [1.807, 2.05) is 24.3 Å². The lowest BCUT2D eigenvalue weighted by Crippen LogP contribution is -2.20. The van der Waals surface area contributed by atoms with Gasteiger partial charge >= 0.3 is 0 Å². The fraction of sp³-hybridized carbons (Fsp3) is 0.105. The summed E-state index contributed by atoms with van der Waals surface area (Å²) in [5.74, 6) is 0.830. The number of ether oxygens (including phenoxy) is 2. The summed E-state index contributed by atoms with van der Waals surface area (Å²) in [6.45, 7) is 0.917. The number of amides is 1. The Morgan fingerprint density at radius 3 is 2.64 bits per heavy atom. The maximum Gasteiger partial charge on any atom is 0.259 e. The predicted octanol–water partition coefficient (Wildman–Crippen LogP) is 3.17. The molecule has 124 valence electrons. The Labute approximate surface area is 144 Å². The number of carbonyl (C=O) groups is 1. The fourth-order valence-corrected chi connectivity index (χ4v) is 2.68. The molecular weight excluding hydrogens is 318 g/mol. The minimum Gasteiger partial charge on any atom is -0.486 e. The van der Waals surface area contributed by atoms with Crippen LogP contribution in [0.15, 0.2) is 61.2 Å². The lowest BCUT2D eigenvalue weighted by molar-refractivity contribution is 0.101. The number of benzene rings is 2. The highest BCUT2D eigenvalue weighted by Gasteiger charge is 2.20. The van der Waals surface area contributed by atoms with Gasteiger partial charge in [-0.15, -0.1) is 0 Å². The molecule has 0 bridgehead atoms. The second-order valence-electron chi connectivity index (χ2n) is 5.49. The van der Waals surface area contributed by atoms with E-state index in [2.05, 4.69) is 15.3 Å². The molecule has 0 saturated heterocycles. The molecule has 1 amide bonds. The summed E-state index contributed by atoms with van der Waals surface area (Å²) < 4.78 is 11.1. The number of para-hydroxylation sites is 1. The lowest BCUT2D eigenvalue weighted by atomic mass is 10.1. The quantitative estimate of drug-likeness (QED) is 0.797. The molecule has 1 N–H and O–H groups in total. The van der Waals surface area contributed by atoms with E-state index in [1.165, 1.54) is 6.33 Å². The van der Waals surface area contributed by atoms with Crippen molar-refractivity contribution in [2.24, 2.45) is 0 Å². The number of aromatic nitrogens is 2. The van der Waals surface area contributed by atoms with Gasteiger partial charge in [0.15, 0.2) is 11.5 Å². The maximum atomic E-state index is 12.7. The first kappa shape index (κ1) is 15.1. The Morgan fingerprint density at radius 1 is 0.960 bits per heavy atom. The van der Waals surface area contributed by atoms with Gasteiger partial charge in [-0.3, -0.25) is 4.79 Å². The number of nitrogens with one attached hydrogen (secondary N) is 1. The lowest BCUT2D eigenvalue weighted by Gasteiger charge is -2.20. The largest absolute Gasteiger partial charge is 0.486 e. The molecule has 0 saturated carbocycles. The van der Waals surface area contributed by atoms with Gasteiger partial charge in [0, 0.05) is 23.6 Å². The molecule has 1 aliphatic heterocycles. The highest BCUT2D eigenvalue weighted by atomic mass is 16.6. The molecule has 1 aromatic heterocycles. The minimum atomic E-state index is -0.246. The van der Waals surface area contributed by atoms with E-state index in [9.17, 15) is 4.79 Å². The Bertz CT molecular complexity index is 913. The minimum absolute atomic E-state index is 0.246. The predicted molar refractivity (Wildman–Crippen MR) is 92.9 cm³/mol. The Morgan fingerprint density at radius 2 is 1.76 bits per heavy atom. The van der Waals surface area contributed by atoms with E-state index in [0.717, 1.165) is 11.1 Å². The van der Waals surface area contributed by atoms with E-state index < -0.39 is 0 Å². The van der Waals surface area contributed by atoms with Crippen LogP contribution in [-0.2, 0) is 0 Å². The van der Waals surface area contributed by atoms with Crippen LogP contribution in [0.4, 0.5) is 5.69 Å². The topological polar surface area (TPSA) is 73.3 Å². The maximum absolute atomic E-state index is 12.7. The van der Waals surface area contributed by atoms with Crippen molar-refractivity contribution in [3.8, 4) is 22.6 Å². The molecule has 0 atom stereocenters. The number of rotatable bonds is 3. The first-order valence-electron chi connectivity index (χ1n) is 7.87. The number of anilines is 1. The third kappa shape index (κ3) is 3.14. The summed E-state index contributed by atoms with van der Waals surface area (Å²) in [6, 6.07) is 12.8. The Balaban J connectivity index is 1.60. The molecule has 3 aromatic rings. The van der Waals surface area contributed by atoms with Gasteiger partial charge in [-0.1, -0.05) is 18.2 Å². The molecule has 0 radical (unpaired) electrons. The van der Waals surface area contributed by atoms with Crippen molar-refractivity contribution in [1.82, 2.24) is 9.97 Å². The molecular formula is C19H15N3O3. The zero-order valence-electron chi connectivity index (χ0n) is 13.3. The third-order valence-corrected chi connectivity index (χ3v) is 3.83. The monoisotopic (exact) mass is 333 g/mol. The van der Waals surface area contributed by atoms with Gasteiger partial charge in [-0.05, 0) is 29.8 Å². The van der Waals surface area contributed by atoms with Crippen molar-refractivity contribution in [1.29, 1.82) is 0 Å². The van der Waals surface area contributed by atoms with Crippen LogP contribution in [0.2, 0.25) is 0 Å². The van der Waals surface area contributed by atoms with Gasteiger partial charge in [0.2, 0.25) is 0 Å². The zero-order chi connectivity index (χ0) is 17.1. The summed E-state index contributed by atoms with van der Waals surface area (Å²) in [7, 11) is 0. The summed E-state index contributed by atoms with van der Waals surface area (Å²) in [5, 5.41) is 2.90. The van der Waals surface area contributed by atoms with Crippen LogP contribution < -0.4 is 14.8 Å². The van der Waals surface area contributed by atoms with Crippen LogP contribution in [0.3, 0.4) is 0 Å². The van der Waals surface area contributed by atoms with E-state index >= 15 is 0 Å². The van der Waals surface area contributed by atoms with E-state index in [4.69, 9.17) is 9.47 Å². The van der Waals surface area contributed by atoms with Gasteiger partial charge in [0.05, 0.1) is 5.56 Å². The smallest absolute Gasteiger partial charge is 0.259 e. The van der Waals surface area contributed by atoms with Crippen molar-refractivity contribution in [3.63, 3.8) is 0 Å². The highest BCUT2D eigenvalue weighted by Crippen LogP contribution is 2.34. The number of carbonyl (C=O) groups excluding carboxylic acids is 1. The third-order valence-electron chi connectivity index (χ3n) is 3.83. The molecule has 0 fully saturated rings. The Kier molecular flexibility index (Phi) is 4.00. The van der Waals surface area contributed by atoms with Gasteiger partial charge < -0.3 is 14.8 Å². The fourth-order valence-electron chi connectivity index (χ4n) is 2.68. The number of fused-ring (bicyclic) bond motifs is 1. The summed E-state index contributed by atoms with van der Waals surface area (Å²) in [5.41, 5.74) is 2.94. The normalized spacial score (nSPS) is 12.5. The second-order valence-corrected chi connectivity index (χ2v) is 5.49. The molecule has 0 unspecified atom stereocenters. The number of nitrogens with zero attached hydrogens (tertiary/aromatic N) is 2. The molecule has 4 rings (SSSR count). The van der Waals surface area contributed by atoms with Crippen molar-refractivity contribution in [2.45, 2.75) is 0 Å². The van der Waals surface area contributed by atoms with Crippen molar-refractivity contribution < 1.29 is 14.3 Å². The van der Waals surface area contributed by atoms with Crippen LogP contribution in [0.1, 0.15) is 10.4 Å². The molecule has 2 aromatic carbocycles. The summed E-state index contributed by atoms with van der Waals surface area (Å²) in [6.07, 6.45) is 4.94. The molecule has 6 heteroatoms. The van der Waals surface area contributed by atoms with Crippen LogP contribution in [-0.4, -0.2) is 29.1 Å². The van der Waals surface area contributed by atoms with Gasteiger partial charge in [0.25, 0.3) is 5.91 Å². The summed E-state index contributed by atoms with van der Waals surface area (Å²) in [4.78, 5) is 20.7. The first-order valence-corrected chi connectivity index (χ1v) is 7.87. The Hall–Kier alpha value is -3.41. The SMILES string of the molecule is O=C(Nc1cccc(-c2cncnc2)c1)c1cccc2c1OCCO2. The highest BCUT2D eigenvalue weighted by molar-refractivity contribution is 6.07. The molecule has 0 aliphatic carbocycles. The van der Waals surface area contributed by atoms with Gasteiger partial charge in [-0.25, -0.2) is 9.97 Å². The first-order chi connectivity index (χ1) is 12.3. The van der Waals surface area contributed by atoms with E-state index in [0.29, 0.717) is 36.0 Å². The average molecular weight is 333 g/mol. The molecule has 0 spiro atoms. The van der Waals surface area contributed by atoms with Crippen LogP contribution in [0.25, 0.3) is 11.1 Å². The molecule has 1 aliphatic rings. The number of hydrogen-bond acceptors (Lipinski definition) is 5. The van der Waals surface area contributed by atoms with Crippen LogP contribution >= 0.6 is 0 Å². The van der Waals surface area contributed by atoms with Gasteiger partial charge in [0.1, 0.15) is 19.5 Å². The van der Waals surface area contributed by atoms with Crippen molar-refractivity contribution in [3.05, 3.63) is 66.7 Å². The van der Waals surface area contributed by atoms with Crippen molar-refractivity contribution >= 4 is 11.6 Å². The van der Waals surface area contributed by atoms with Crippen LogP contribution in [0, 0.1) is 0 Å². The number of hydrogen-bond donors (Lipinski definition) is 1. The second kappa shape index (κ2) is 6.60. The molecule has 25 heavy (non-hydrogen) atoms. The van der Waals surface area contributed by atoms with Crippen molar-refractivity contribution in [2.75, 3.05) is 18.5 Å². The van der Waals surface area contributed by atoms with Gasteiger partial charge in [-0.2, -0.15) is 0 Å². The van der Waals surface area contributed by atoms with E-state index in [-0.39, 0.29) is 5.91 Å². The molecule has 6 nitrogen and oxygen atoms in total. The standard InChI is InChI=1S/C19H15N3O3/c23-19(16-5-2-6-17-18(16)25-8-7-24-17)22-15-4-1-3-13(9-15)14-10-20-12-21-11-14/h1-6,9-12H,7-8H2,(H,22,23). The average Bonchev–Trinajstić information content (AvgIpc) is 2.68. The zero-order valence-corrected chi connectivity index (χ0v) is 13.3. The van der Waals surface area contributed by atoms with Crippen LogP contribution in [0.5, 0.6) is 11.5 Å². The summed E-state index contributed by atoms with van der Waals surface area (Å²) >= 11 is 0. The molecule has 2 heterocycles.